The van der Waals surface area contributed by atoms with Gasteiger partial charge in [0.1, 0.15) is 6.04 Å². The van der Waals surface area contributed by atoms with Crippen LogP contribution in [0.5, 0.6) is 0 Å². The summed E-state index contributed by atoms with van der Waals surface area (Å²) in [6, 6.07) is 7.54. The molecule has 0 fully saturated rings. The summed E-state index contributed by atoms with van der Waals surface area (Å²) in [5.74, 6) is -4.51. The largest absolute Gasteiger partial charge is 0.479 e. The van der Waals surface area contributed by atoms with Crippen LogP contribution in [0.2, 0.25) is 0 Å². The first kappa shape index (κ1) is 16.8. The second-order valence-electron chi connectivity index (χ2n) is 4.26. The zero-order valence-electron chi connectivity index (χ0n) is 10.9. The van der Waals surface area contributed by atoms with E-state index in [1.807, 2.05) is 0 Å². The number of carboxylic acids is 1. The average molecular weight is 297 g/mol. The number of hydrogen-bond donors (Lipinski definition) is 4. The number of carboxylic acid groups (broad SMARTS) is 1. The molecule has 1 aromatic rings. The summed E-state index contributed by atoms with van der Waals surface area (Å²) in [7, 11) is 0. The number of nitrogens with two attached hydrogens (primary N) is 1. The Balaban J connectivity index is 2.56. The number of esters is 2. The van der Waals surface area contributed by atoms with Gasteiger partial charge in [-0.1, -0.05) is 30.3 Å². The molecule has 0 saturated heterocycles. The third kappa shape index (κ3) is 4.95. The van der Waals surface area contributed by atoms with Crippen LogP contribution >= 0.6 is 0 Å². The Morgan fingerprint density at radius 2 is 1.62 bits per heavy atom. The van der Waals surface area contributed by atoms with E-state index >= 15 is 0 Å². The van der Waals surface area contributed by atoms with Crippen molar-refractivity contribution in [2.45, 2.75) is 24.7 Å². The summed E-state index contributed by atoms with van der Waals surface area (Å²) >= 11 is 0. The summed E-state index contributed by atoms with van der Waals surface area (Å²) in [5, 5.41) is 26.5. The number of carbonyl (C=O) groups excluding carboxylic acids is 2. The fourth-order valence-electron chi connectivity index (χ4n) is 1.45. The molecule has 2 unspecified atom stereocenters. The summed E-state index contributed by atoms with van der Waals surface area (Å²) in [6.45, 7) is 0. The predicted octanol–water partition coefficient (Wildman–Crippen LogP) is -1.57. The molecule has 8 nitrogen and oxygen atoms in total. The number of ether oxygens (including phenoxy) is 1. The van der Waals surface area contributed by atoms with Crippen molar-refractivity contribution in [3.05, 3.63) is 35.9 Å². The number of carbonyl (C=O) groups is 3. The van der Waals surface area contributed by atoms with Crippen molar-refractivity contribution in [3.63, 3.8) is 0 Å². The number of aliphatic hydroxyl groups is 2. The van der Waals surface area contributed by atoms with Gasteiger partial charge in [0.2, 0.25) is 0 Å². The normalized spacial score (nSPS) is 14.8. The first-order valence-corrected chi connectivity index (χ1v) is 5.97. The molecule has 21 heavy (non-hydrogen) atoms. The molecule has 1 rings (SSSR count). The second-order valence-corrected chi connectivity index (χ2v) is 4.26. The number of rotatable bonds is 6. The Morgan fingerprint density at radius 3 is 2.14 bits per heavy atom. The maximum Gasteiger partial charge on any atom is 0.346 e. The summed E-state index contributed by atoms with van der Waals surface area (Å²) in [5.41, 5.74) is 6.28. The molecule has 0 heterocycles. The van der Waals surface area contributed by atoms with Gasteiger partial charge in [0, 0.05) is 0 Å². The molecule has 8 heteroatoms. The highest BCUT2D eigenvalue weighted by atomic mass is 16.6. The summed E-state index contributed by atoms with van der Waals surface area (Å²) in [6.07, 6.45) is -4.64. The van der Waals surface area contributed by atoms with Crippen LogP contribution in [-0.4, -0.2) is 51.5 Å². The fourth-order valence-corrected chi connectivity index (χ4v) is 1.45. The van der Waals surface area contributed by atoms with Crippen LogP contribution in [0.15, 0.2) is 30.3 Å². The maximum absolute atomic E-state index is 11.5. The highest BCUT2D eigenvalue weighted by Gasteiger charge is 2.33. The van der Waals surface area contributed by atoms with Crippen molar-refractivity contribution in [2.24, 2.45) is 5.73 Å². The molecule has 0 radical (unpaired) electrons. The third-order valence-corrected chi connectivity index (χ3v) is 2.60. The molecule has 0 spiro atoms. The van der Waals surface area contributed by atoms with Crippen LogP contribution in [0.4, 0.5) is 0 Å². The average Bonchev–Trinajstić information content (AvgIpc) is 2.46. The van der Waals surface area contributed by atoms with Crippen LogP contribution in [0, 0.1) is 0 Å². The lowest BCUT2D eigenvalue weighted by atomic mass is 10.1. The minimum absolute atomic E-state index is 0.102. The molecule has 5 N–H and O–H groups in total. The Bertz CT molecular complexity index is 517. The van der Waals surface area contributed by atoms with Crippen LogP contribution < -0.4 is 5.73 Å². The van der Waals surface area contributed by atoms with E-state index in [4.69, 9.17) is 15.9 Å². The Hall–Kier alpha value is -2.29. The van der Waals surface area contributed by atoms with E-state index in [1.165, 1.54) is 0 Å². The number of aliphatic hydroxyl groups excluding tert-OH is 2. The van der Waals surface area contributed by atoms with E-state index in [-0.39, 0.29) is 6.42 Å². The Labute approximate surface area is 119 Å². The topological polar surface area (TPSA) is 147 Å². The smallest absolute Gasteiger partial charge is 0.346 e. The highest BCUT2D eigenvalue weighted by molar-refractivity contribution is 5.93. The standard InChI is InChI=1S/C13H15NO7/c14-8(6-7-4-2-1-3-5-7)12(19)21-13(20)10(16)9(15)11(17)18/h1-5,8-10,15-16H,6,14H2,(H,17,18)/t8-,9?,10?/m1/s1. The molecule has 0 aliphatic carbocycles. The van der Waals surface area contributed by atoms with Crippen molar-refractivity contribution in [1.29, 1.82) is 0 Å². The van der Waals surface area contributed by atoms with E-state index in [0.717, 1.165) is 5.56 Å². The fraction of sp³-hybridized carbons (Fsp3) is 0.308. The van der Waals surface area contributed by atoms with Crippen molar-refractivity contribution >= 4 is 17.9 Å². The van der Waals surface area contributed by atoms with Crippen molar-refractivity contribution in [2.75, 3.05) is 0 Å². The first-order valence-electron chi connectivity index (χ1n) is 5.97. The van der Waals surface area contributed by atoms with Crippen LogP contribution in [0.3, 0.4) is 0 Å². The van der Waals surface area contributed by atoms with Gasteiger partial charge in [-0.05, 0) is 12.0 Å². The van der Waals surface area contributed by atoms with Gasteiger partial charge in [-0.15, -0.1) is 0 Å². The monoisotopic (exact) mass is 297 g/mol. The second kappa shape index (κ2) is 7.48. The van der Waals surface area contributed by atoms with Gasteiger partial charge in [0.05, 0.1) is 0 Å². The quantitative estimate of drug-likeness (QED) is 0.364. The molecular formula is C13H15NO7. The molecular weight excluding hydrogens is 282 g/mol. The van der Waals surface area contributed by atoms with Gasteiger partial charge in [0.25, 0.3) is 0 Å². The number of aliphatic carboxylic acids is 1. The molecule has 0 aromatic heterocycles. The van der Waals surface area contributed by atoms with E-state index in [9.17, 15) is 19.5 Å². The zero-order valence-corrected chi connectivity index (χ0v) is 10.9. The van der Waals surface area contributed by atoms with E-state index in [2.05, 4.69) is 4.74 Å². The number of hydrogen-bond acceptors (Lipinski definition) is 7. The van der Waals surface area contributed by atoms with Gasteiger partial charge in [0.15, 0.2) is 12.2 Å². The Morgan fingerprint density at radius 1 is 1.05 bits per heavy atom. The minimum Gasteiger partial charge on any atom is -0.479 e. The molecule has 3 atom stereocenters. The van der Waals surface area contributed by atoms with Gasteiger partial charge in [-0.3, -0.25) is 0 Å². The van der Waals surface area contributed by atoms with Crippen LogP contribution in [0.1, 0.15) is 5.56 Å². The predicted molar refractivity (Wildman–Crippen MR) is 68.9 cm³/mol. The third-order valence-electron chi connectivity index (χ3n) is 2.60. The Kier molecular flexibility index (Phi) is 5.97. The summed E-state index contributed by atoms with van der Waals surface area (Å²) < 4.78 is 4.24. The summed E-state index contributed by atoms with van der Waals surface area (Å²) in [4.78, 5) is 33.2. The van der Waals surface area contributed by atoms with E-state index < -0.39 is 36.2 Å². The van der Waals surface area contributed by atoms with Gasteiger partial charge < -0.3 is 25.8 Å². The lowest BCUT2D eigenvalue weighted by molar-refractivity contribution is -0.176. The van der Waals surface area contributed by atoms with Crippen molar-refractivity contribution in [1.82, 2.24) is 0 Å². The number of benzene rings is 1. The minimum atomic E-state index is -2.38. The zero-order chi connectivity index (χ0) is 16.0. The molecule has 0 saturated carbocycles. The molecule has 114 valence electrons. The van der Waals surface area contributed by atoms with Gasteiger partial charge >= 0.3 is 17.9 Å². The van der Waals surface area contributed by atoms with Crippen molar-refractivity contribution in [3.8, 4) is 0 Å². The highest BCUT2D eigenvalue weighted by Crippen LogP contribution is 2.04. The SMILES string of the molecule is N[C@H](Cc1ccccc1)C(=O)OC(=O)C(O)C(O)C(=O)O. The van der Waals surface area contributed by atoms with E-state index in [0.29, 0.717) is 0 Å². The molecule has 0 amide bonds. The molecule has 0 bridgehead atoms. The van der Waals surface area contributed by atoms with E-state index in [1.54, 1.807) is 30.3 Å². The van der Waals surface area contributed by atoms with Gasteiger partial charge in [-0.25, -0.2) is 14.4 Å². The van der Waals surface area contributed by atoms with Crippen LogP contribution in [-0.2, 0) is 25.5 Å². The molecule has 1 aromatic carbocycles. The maximum atomic E-state index is 11.5. The first-order chi connectivity index (χ1) is 9.82. The molecule has 0 aliphatic heterocycles. The lowest BCUT2D eigenvalue weighted by Crippen LogP contribution is -2.44. The lowest BCUT2D eigenvalue weighted by Gasteiger charge is -2.14. The van der Waals surface area contributed by atoms with Crippen LogP contribution in [0.25, 0.3) is 0 Å². The molecule has 0 aliphatic rings. The van der Waals surface area contributed by atoms with Gasteiger partial charge in [-0.2, -0.15) is 0 Å². The van der Waals surface area contributed by atoms with Crippen molar-refractivity contribution < 1.29 is 34.4 Å².